The molecule has 0 amide bonds. The van der Waals surface area contributed by atoms with Gasteiger partial charge in [0.25, 0.3) is 5.56 Å². The van der Waals surface area contributed by atoms with Crippen molar-refractivity contribution >= 4 is 28.3 Å². The molecule has 0 saturated carbocycles. The van der Waals surface area contributed by atoms with Crippen LogP contribution in [0.1, 0.15) is 0 Å². The molecule has 1 N–H and O–H groups in total. The van der Waals surface area contributed by atoms with E-state index in [1.54, 1.807) is 16.5 Å². The molecule has 0 spiro atoms. The predicted octanol–water partition coefficient (Wildman–Crippen LogP) is 1.22. The fourth-order valence-corrected chi connectivity index (χ4v) is 1.67. The smallest absolute Gasteiger partial charge is 0.274 e. The summed E-state index contributed by atoms with van der Waals surface area (Å²) in [6.45, 7) is 0. The van der Waals surface area contributed by atoms with Crippen LogP contribution in [0.15, 0.2) is 29.5 Å². The Balaban J connectivity index is 2.67. The van der Waals surface area contributed by atoms with Crippen LogP contribution in [0.2, 0.25) is 5.15 Å². The number of nitrogens with zero attached hydrogens (tertiary/aromatic N) is 3. The normalized spacial score (nSPS) is 11.3. The molecule has 0 aliphatic heterocycles. The summed E-state index contributed by atoms with van der Waals surface area (Å²) in [6.07, 6.45) is 3.02. The van der Waals surface area contributed by atoms with E-state index in [0.29, 0.717) is 21.8 Å². The van der Waals surface area contributed by atoms with Crippen LogP contribution < -0.4 is 5.56 Å². The number of rotatable bonds is 0. The highest BCUT2D eigenvalue weighted by molar-refractivity contribution is 6.29. The van der Waals surface area contributed by atoms with Crippen molar-refractivity contribution in [3.63, 3.8) is 0 Å². The van der Waals surface area contributed by atoms with Gasteiger partial charge in [0.05, 0.1) is 11.7 Å². The van der Waals surface area contributed by atoms with E-state index < -0.39 is 0 Å². The Morgan fingerprint density at radius 2 is 2.27 bits per heavy atom. The van der Waals surface area contributed by atoms with Crippen molar-refractivity contribution in [3.05, 3.63) is 40.2 Å². The zero-order chi connectivity index (χ0) is 10.4. The average Bonchev–Trinajstić information content (AvgIpc) is 2.69. The molecular weight excluding hydrogens is 216 g/mol. The van der Waals surface area contributed by atoms with E-state index in [4.69, 9.17) is 11.6 Å². The summed E-state index contributed by atoms with van der Waals surface area (Å²) in [7, 11) is 0. The van der Waals surface area contributed by atoms with Crippen molar-refractivity contribution in [2.75, 3.05) is 0 Å². The first-order valence-electron chi connectivity index (χ1n) is 4.26. The molecule has 0 aliphatic rings. The highest BCUT2D eigenvalue weighted by Crippen LogP contribution is 2.12. The van der Waals surface area contributed by atoms with E-state index in [9.17, 15) is 4.79 Å². The molecule has 0 radical (unpaired) electrons. The largest absolute Gasteiger partial charge is 0.317 e. The van der Waals surface area contributed by atoms with Gasteiger partial charge in [-0.05, 0) is 12.1 Å². The molecule has 3 rings (SSSR count). The molecule has 3 heterocycles. The van der Waals surface area contributed by atoms with Gasteiger partial charge in [0, 0.05) is 0 Å². The lowest BCUT2D eigenvalue weighted by Gasteiger charge is -2.00. The Morgan fingerprint density at radius 1 is 1.40 bits per heavy atom. The third-order valence-electron chi connectivity index (χ3n) is 2.19. The summed E-state index contributed by atoms with van der Waals surface area (Å²) in [6, 6.07) is 3.34. The molecule has 0 atom stereocenters. The van der Waals surface area contributed by atoms with Crippen molar-refractivity contribution in [2.24, 2.45) is 0 Å². The summed E-state index contributed by atoms with van der Waals surface area (Å²) in [5.74, 6) is 0. The number of nitrogens with one attached hydrogen (secondary N) is 1. The summed E-state index contributed by atoms with van der Waals surface area (Å²) < 4.78 is 1.61. The van der Waals surface area contributed by atoms with Crippen LogP contribution >= 0.6 is 11.6 Å². The highest BCUT2D eigenvalue weighted by atomic mass is 35.5. The van der Waals surface area contributed by atoms with Crippen LogP contribution in [0.25, 0.3) is 16.7 Å². The van der Waals surface area contributed by atoms with Gasteiger partial charge >= 0.3 is 0 Å². The van der Waals surface area contributed by atoms with Crippen molar-refractivity contribution < 1.29 is 0 Å². The third-order valence-corrected chi connectivity index (χ3v) is 2.40. The van der Waals surface area contributed by atoms with E-state index in [1.165, 1.54) is 12.5 Å². The molecule has 0 fully saturated rings. The van der Waals surface area contributed by atoms with Gasteiger partial charge in [-0.3, -0.25) is 9.20 Å². The van der Waals surface area contributed by atoms with Crippen molar-refractivity contribution in [1.82, 2.24) is 19.4 Å². The molecule has 0 bridgehead atoms. The first-order chi connectivity index (χ1) is 7.25. The predicted molar refractivity (Wildman–Crippen MR) is 56.1 cm³/mol. The van der Waals surface area contributed by atoms with Gasteiger partial charge in [-0.15, -0.1) is 0 Å². The number of halogens is 1. The quantitative estimate of drug-likeness (QED) is 0.580. The first kappa shape index (κ1) is 8.43. The minimum absolute atomic E-state index is 0.191. The summed E-state index contributed by atoms with van der Waals surface area (Å²) in [4.78, 5) is 22.3. The van der Waals surface area contributed by atoms with E-state index in [2.05, 4.69) is 15.0 Å². The number of pyridine rings is 1. The van der Waals surface area contributed by atoms with Crippen molar-refractivity contribution in [1.29, 1.82) is 0 Å². The average molecular weight is 221 g/mol. The van der Waals surface area contributed by atoms with Crippen LogP contribution in [0.3, 0.4) is 0 Å². The monoisotopic (exact) mass is 220 g/mol. The second kappa shape index (κ2) is 2.80. The maximum Gasteiger partial charge on any atom is 0.274 e. The zero-order valence-corrected chi connectivity index (χ0v) is 8.19. The molecule has 0 unspecified atom stereocenters. The van der Waals surface area contributed by atoms with Crippen LogP contribution in [0.4, 0.5) is 0 Å². The Labute approximate surface area is 88.4 Å². The number of imidazole rings is 1. The fraction of sp³-hybridized carbons (Fsp3) is 0. The Morgan fingerprint density at radius 3 is 3.13 bits per heavy atom. The maximum atomic E-state index is 11.6. The Hall–Kier alpha value is -1.88. The summed E-state index contributed by atoms with van der Waals surface area (Å²) in [5, 5.41) is 0.379. The van der Waals surface area contributed by atoms with E-state index >= 15 is 0 Å². The van der Waals surface area contributed by atoms with Gasteiger partial charge in [0.1, 0.15) is 17.0 Å². The zero-order valence-electron chi connectivity index (χ0n) is 7.44. The van der Waals surface area contributed by atoms with E-state index in [-0.39, 0.29) is 5.56 Å². The number of hydrogen-bond donors (Lipinski definition) is 1. The molecule has 0 aliphatic carbocycles. The second-order valence-electron chi connectivity index (χ2n) is 3.11. The minimum Gasteiger partial charge on any atom is -0.317 e. The molecule has 3 aromatic rings. The number of fused-ring (bicyclic) bond motifs is 3. The van der Waals surface area contributed by atoms with Gasteiger partial charge in [0.15, 0.2) is 5.65 Å². The molecule has 0 aromatic carbocycles. The Bertz CT molecular complexity index is 715. The van der Waals surface area contributed by atoms with Crippen molar-refractivity contribution in [2.45, 2.75) is 0 Å². The highest BCUT2D eigenvalue weighted by Gasteiger charge is 2.05. The standard InChI is InChI=1S/C9H5ClN4O/c10-7-2-1-5-8(13-7)14-4-11-3-6(14)9(15)12-5/h1-4H,(H,12,15). The van der Waals surface area contributed by atoms with Crippen LogP contribution in [0, 0.1) is 0 Å². The molecule has 5 nitrogen and oxygen atoms in total. The van der Waals surface area contributed by atoms with Crippen molar-refractivity contribution in [3.8, 4) is 0 Å². The lowest BCUT2D eigenvalue weighted by atomic mass is 10.4. The van der Waals surface area contributed by atoms with Gasteiger partial charge in [-0.1, -0.05) is 11.6 Å². The first-order valence-corrected chi connectivity index (χ1v) is 4.64. The lowest BCUT2D eigenvalue weighted by Crippen LogP contribution is -2.10. The van der Waals surface area contributed by atoms with Gasteiger partial charge in [-0.25, -0.2) is 9.97 Å². The lowest BCUT2D eigenvalue weighted by molar-refractivity contribution is 1.12. The molecular formula is C9H5ClN4O. The van der Waals surface area contributed by atoms with Gasteiger partial charge in [-0.2, -0.15) is 0 Å². The van der Waals surface area contributed by atoms with E-state index in [1.807, 2.05) is 0 Å². The second-order valence-corrected chi connectivity index (χ2v) is 3.50. The number of aromatic nitrogens is 4. The summed E-state index contributed by atoms with van der Waals surface area (Å²) in [5.41, 5.74) is 1.49. The molecule has 3 aromatic heterocycles. The van der Waals surface area contributed by atoms with Crippen LogP contribution in [-0.2, 0) is 0 Å². The Kier molecular flexibility index (Phi) is 1.58. The minimum atomic E-state index is -0.191. The molecule has 0 saturated heterocycles. The van der Waals surface area contributed by atoms with Crippen LogP contribution in [0.5, 0.6) is 0 Å². The SMILES string of the molecule is O=c1[nH]c2ccc(Cl)nc2n2cncc12. The topological polar surface area (TPSA) is 63.0 Å². The van der Waals surface area contributed by atoms with Gasteiger partial charge in [0.2, 0.25) is 0 Å². The van der Waals surface area contributed by atoms with E-state index in [0.717, 1.165) is 0 Å². The maximum absolute atomic E-state index is 11.6. The number of hydrogen-bond acceptors (Lipinski definition) is 3. The number of H-pyrrole nitrogens is 1. The molecule has 6 heteroatoms. The molecule has 15 heavy (non-hydrogen) atoms. The van der Waals surface area contributed by atoms with Gasteiger partial charge < -0.3 is 4.98 Å². The molecule has 74 valence electrons. The van der Waals surface area contributed by atoms with Crippen LogP contribution in [-0.4, -0.2) is 19.4 Å². The summed E-state index contributed by atoms with van der Waals surface area (Å²) >= 11 is 5.79. The third kappa shape index (κ3) is 1.13. The fourth-order valence-electron chi connectivity index (χ4n) is 1.52. The number of aromatic amines is 1.